The maximum atomic E-state index is 2.59. The predicted octanol–water partition coefficient (Wildman–Crippen LogP) is 7.42. The lowest BCUT2D eigenvalue weighted by Gasteiger charge is -2.44. The molecule has 1 aromatic heterocycles. The van der Waals surface area contributed by atoms with Crippen LogP contribution in [0.2, 0.25) is 0 Å². The molecule has 31 heavy (non-hydrogen) atoms. The summed E-state index contributed by atoms with van der Waals surface area (Å²) in [5.41, 5.74) is 7.71. The average Bonchev–Trinajstić information content (AvgIpc) is 2.80. The van der Waals surface area contributed by atoms with Crippen molar-refractivity contribution in [1.29, 1.82) is 0 Å². The summed E-state index contributed by atoms with van der Waals surface area (Å²) in [5, 5.41) is 2.67. The van der Waals surface area contributed by atoms with Crippen LogP contribution in [0.1, 0.15) is 85.9 Å². The van der Waals surface area contributed by atoms with Gasteiger partial charge in [0.25, 0.3) is 0 Å². The molecule has 0 bridgehead atoms. The van der Waals surface area contributed by atoms with Crippen molar-refractivity contribution in [2.45, 2.75) is 91.0 Å². The molecular formula is C30H38N+. The van der Waals surface area contributed by atoms with Crippen LogP contribution in [0.3, 0.4) is 0 Å². The monoisotopic (exact) mass is 412 g/mol. The zero-order valence-corrected chi connectivity index (χ0v) is 21.1. The molecule has 0 fully saturated rings. The summed E-state index contributed by atoms with van der Waals surface area (Å²) < 4.78 is 2.54. The Labute approximate surface area is 188 Å². The van der Waals surface area contributed by atoms with Crippen molar-refractivity contribution in [3.8, 4) is 11.3 Å². The van der Waals surface area contributed by atoms with Crippen LogP contribution in [0, 0.1) is 5.41 Å². The quantitative estimate of drug-likeness (QED) is 0.338. The van der Waals surface area contributed by atoms with Crippen LogP contribution in [0.4, 0.5) is 0 Å². The van der Waals surface area contributed by atoms with Gasteiger partial charge in [0.2, 0.25) is 5.69 Å². The maximum absolute atomic E-state index is 2.59. The zero-order valence-electron chi connectivity index (χ0n) is 21.1. The van der Waals surface area contributed by atoms with E-state index in [-0.39, 0.29) is 27.2 Å². The lowest BCUT2D eigenvalue weighted by Crippen LogP contribution is -2.65. The molecule has 0 N–H and O–H groups in total. The summed E-state index contributed by atoms with van der Waals surface area (Å²) in [7, 11) is 0. The number of nitrogens with zero attached hydrogens (tertiary/aromatic N) is 1. The molecule has 1 aliphatic heterocycles. The van der Waals surface area contributed by atoms with Gasteiger partial charge in [-0.3, -0.25) is 0 Å². The predicted molar refractivity (Wildman–Crippen MR) is 132 cm³/mol. The number of fused-ring (bicyclic) bond motifs is 6. The fourth-order valence-electron chi connectivity index (χ4n) is 6.39. The third-order valence-corrected chi connectivity index (χ3v) is 10.5. The van der Waals surface area contributed by atoms with Crippen LogP contribution in [-0.4, -0.2) is 0 Å². The molecule has 1 aliphatic carbocycles. The number of pyridine rings is 1. The van der Waals surface area contributed by atoms with E-state index >= 15 is 0 Å². The lowest BCUT2D eigenvalue weighted by molar-refractivity contribution is -0.759. The van der Waals surface area contributed by atoms with Gasteiger partial charge >= 0.3 is 0 Å². The van der Waals surface area contributed by atoms with E-state index in [1.54, 1.807) is 5.56 Å². The molecule has 0 saturated heterocycles. The minimum absolute atomic E-state index is 0.00441. The van der Waals surface area contributed by atoms with Crippen LogP contribution < -0.4 is 4.57 Å². The molecular weight excluding hydrogens is 374 g/mol. The smallest absolute Gasteiger partial charge is 0.192 e. The Kier molecular flexibility index (Phi) is 3.75. The van der Waals surface area contributed by atoms with Crippen molar-refractivity contribution in [3.63, 3.8) is 0 Å². The highest BCUT2D eigenvalue weighted by atomic mass is 15.1. The summed E-state index contributed by atoms with van der Waals surface area (Å²) in [6.07, 6.45) is 2.31. The van der Waals surface area contributed by atoms with Crippen LogP contribution in [0.25, 0.3) is 22.0 Å². The molecule has 0 spiro atoms. The molecule has 0 saturated carbocycles. The molecule has 5 rings (SSSR count). The Morgan fingerprint density at radius 2 is 1.19 bits per heavy atom. The maximum Gasteiger partial charge on any atom is 0.221 e. The molecule has 2 aromatic carbocycles. The summed E-state index contributed by atoms with van der Waals surface area (Å²) in [4.78, 5) is 0. The van der Waals surface area contributed by atoms with Gasteiger partial charge in [-0.1, -0.05) is 65.8 Å². The molecule has 0 atom stereocenters. The van der Waals surface area contributed by atoms with Gasteiger partial charge in [0.1, 0.15) is 0 Å². The Bertz CT molecular complexity index is 1250. The number of aromatic nitrogens is 1. The van der Waals surface area contributed by atoms with Crippen LogP contribution in [0.15, 0.2) is 48.7 Å². The molecule has 1 heteroatoms. The minimum Gasteiger partial charge on any atom is -0.192 e. The summed E-state index contributed by atoms with van der Waals surface area (Å²) in [6, 6.07) is 16.3. The minimum atomic E-state index is -0.0403. The van der Waals surface area contributed by atoms with Crippen LogP contribution in [-0.2, 0) is 21.8 Å². The highest BCUT2D eigenvalue weighted by Gasteiger charge is 2.59. The highest BCUT2D eigenvalue weighted by molar-refractivity contribution is 5.94. The second-order valence-corrected chi connectivity index (χ2v) is 12.6. The SMILES string of the molecule is CC1(C)c2cc3c(cc2-c2c4ccccc4cc[n+]2C1(C)C)C(C)(C)C(C)(C)C3(C)C. The Morgan fingerprint density at radius 1 is 0.613 bits per heavy atom. The first-order valence-electron chi connectivity index (χ1n) is 11.8. The molecule has 2 aliphatic rings. The van der Waals surface area contributed by atoms with E-state index in [1.807, 2.05) is 0 Å². The van der Waals surface area contributed by atoms with E-state index in [1.165, 1.54) is 33.2 Å². The number of hydrogen-bond donors (Lipinski definition) is 0. The number of rotatable bonds is 0. The fourth-order valence-corrected chi connectivity index (χ4v) is 6.39. The van der Waals surface area contributed by atoms with Gasteiger partial charge in [-0.15, -0.1) is 0 Å². The first kappa shape index (κ1) is 20.7. The van der Waals surface area contributed by atoms with Gasteiger partial charge < -0.3 is 0 Å². The molecule has 1 nitrogen and oxygen atoms in total. The highest BCUT2D eigenvalue weighted by Crippen LogP contribution is 2.63. The van der Waals surface area contributed by atoms with Crippen molar-refractivity contribution in [2.75, 3.05) is 0 Å². The molecule has 162 valence electrons. The second-order valence-electron chi connectivity index (χ2n) is 12.6. The molecule has 0 radical (unpaired) electrons. The molecule has 0 unspecified atom stereocenters. The zero-order chi connectivity index (χ0) is 22.8. The second kappa shape index (κ2) is 5.61. The Balaban J connectivity index is 1.97. The van der Waals surface area contributed by atoms with Gasteiger partial charge in [0.15, 0.2) is 11.7 Å². The van der Waals surface area contributed by atoms with Crippen molar-refractivity contribution in [3.05, 3.63) is 65.4 Å². The normalized spacial score (nSPS) is 23.2. The first-order valence-corrected chi connectivity index (χ1v) is 11.8. The average molecular weight is 413 g/mol. The van der Waals surface area contributed by atoms with Crippen molar-refractivity contribution in [2.24, 2.45) is 5.41 Å². The Morgan fingerprint density at radius 3 is 1.84 bits per heavy atom. The molecule has 0 amide bonds. The lowest BCUT2D eigenvalue weighted by atomic mass is 9.59. The van der Waals surface area contributed by atoms with Gasteiger partial charge in [-0.2, -0.15) is 4.57 Å². The largest absolute Gasteiger partial charge is 0.221 e. The number of benzene rings is 2. The van der Waals surface area contributed by atoms with Crippen molar-refractivity contribution in [1.82, 2.24) is 0 Å². The Hall–Kier alpha value is -2.15. The van der Waals surface area contributed by atoms with E-state index in [0.717, 1.165) is 0 Å². The van der Waals surface area contributed by atoms with Gasteiger partial charge in [-0.05, 0) is 64.3 Å². The summed E-state index contributed by atoms with van der Waals surface area (Å²) >= 11 is 0. The molecule has 2 heterocycles. The van der Waals surface area contributed by atoms with Crippen molar-refractivity contribution < 1.29 is 4.57 Å². The van der Waals surface area contributed by atoms with E-state index in [4.69, 9.17) is 0 Å². The van der Waals surface area contributed by atoms with Gasteiger partial charge in [0.05, 0.1) is 16.4 Å². The summed E-state index contributed by atoms with van der Waals surface area (Å²) in [6.45, 7) is 24.4. The fraction of sp³-hybridized carbons (Fsp3) is 0.500. The van der Waals surface area contributed by atoms with Gasteiger partial charge in [-0.25, -0.2) is 0 Å². The van der Waals surface area contributed by atoms with E-state index in [0.29, 0.717) is 0 Å². The third kappa shape index (κ3) is 2.16. The van der Waals surface area contributed by atoms with E-state index in [2.05, 4.69) is 122 Å². The van der Waals surface area contributed by atoms with E-state index < -0.39 is 0 Å². The molecule has 3 aromatic rings. The topological polar surface area (TPSA) is 3.88 Å². The van der Waals surface area contributed by atoms with E-state index in [9.17, 15) is 0 Å². The standard InChI is InChI=1S/C30H38N/c1-26(2)23-17-21-22(18-24(23)27(3,4)29(26,7)8)28(5,6)30(9,10)31-16-15-19-13-11-12-14-20(19)25(21)31/h11-18H,1-10H3/q+1. The first-order chi connectivity index (χ1) is 14.2. The third-order valence-electron chi connectivity index (χ3n) is 10.5. The van der Waals surface area contributed by atoms with Gasteiger partial charge in [0, 0.05) is 19.9 Å². The number of hydrogen-bond acceptors (Lipinski definition) is 0. The van der Waals surface area contributed by atoms with Crippen LogP contribution >= 0.6 is 0 Å². The van der Waals surface area contributed by atoms with Crippen LogP contribution in [0.5, 0.6) is 0 Å². The summed E-state index contributed by atoms with van der Waals surface area (Å²) in [5.74, 6) is 0. The van der Waals surface area contributed by atoms with Crippen molar-refractivity contribution >= 4 is 10.8 Å².